The summed E-state index contributed by atoms with van der Waals surface area (Å²) in [6, 6.07) is 12.5. The van der Waals surface area contributed by atoms with Crippen molar-refractivity contribution in [3.8, 4) is 11.5 Å². The number of carbonyl (C=O) groups is 1. The second-order valence-electron chi connectivity index (χ2n) is 4.97. The second kappa shape index (κ2) is 7.33. The zero-order chi connectivity index (χ0) is 17.7. The predicted molar refractivity (Wildman–Crippen MR) is 89.5 cm³/mol. The van der Waals surface area contributed by atoms with Crippen LogP contribution >= 0.6 is 0 Å². The average Bonchev–Trinajstić information content (AvgIpc) is 2.55. The summed E-state index contributed by atoms with van der Waals surface area (Å²) in [4.78, 5) is 12.1. The Morgan fingerprint density at radius 1 is 1.08 bits per heavy atom. The van der Waals surface area contributed by atoms with Crippen LogP contribution in [0.15, 0.2) is 53.4 Å². The molecule has 24 heavy (non-hydrogen) atoms. The van der Waals surface area contributed by atoms with E-state index in [0.717, 1.165) is 0 Å². The Hall–Kier alpha value is -2.58. The third-order valence-corrected chi connectivity index (χ3v) is 4.12. The summed E-state index contributed by atoms with van der Waals surface area (Å²) in [7, 11) is -2.25. The third-order valence-electron chi connectivity index (χ3n) is 3.19. The number of primary sulfonamides is 1. The van der Waals surface area contributed by atoms with Crippen LogP contribution in [0.4, 0.5) is 5.69 Å². The van der Waals surface area contributed by atoms with Crippen LogP contribution in [-0.4, -0.2) is 27.5 Å². The van der Waals surface area contributed by atoms with Crippen LogP contribution in [0.2, 0.25) is 0 Å². The van der Waals surface area contributed by atoms with Gasteiger partial charge in [0.2, 0.25) is 10.0 Å². The zero-order valence-corrected chi connectivity index (χ0v) is 14.0. The van der Waals surface area contributed by atoms with Crippen LogP contribution in [0.25, 0.3) is 0 Å². The molecule has 0 fully saturated rings. The number of hydrogen-bond acceptors (Lipinski definition) is 5. The first-order chi connectivity index (χ1) is 11.3. The molecule has 1 atom stereocenters. The highest BCUT2D eigenvalue weighted by atomic mass is 32.2. The molecule has 0 bridgehead atoms. The van der Waals surface area contributed by atoms with Gasteiger partial charge >= 0.3 is 0 Å². The second-order valence-corrected chi connectivity index (χ2v) is 6.53. The molecule has 0 aromatic heterocycles. The van der Waals surface area contributed by atoms with Gasteiger partial charge in [-0.15, -0.1) is 0 Å². The number of nitrogens with two attached hydrogens (primary N) is 1. The zero-order valence-electron chi connectivity index (χ0n) is 13.2. The molecule has 128 valence electrons. The van der Waals surface area contributed by atoms with E-state index in [1.165, 1.54) is 31.4 Å². The Labute approximate surface area is 140 Å². The van der Waals surface area contributed by atoms with Crippen LogP contribution in [-0.2, 0) is 14.8 Å². The Kier molecular flexibility index (Phi) is 5.42. The number of hydrogen-bond donors (Lipinski definition) is 2. The largest absolute Gasteiger partial charge is 0.493 e. The average molecular weight is 350 g/mol. The van der Waals surface area contributed by atoms with Crippen molar-refractivity contribution in [2.45, 2.75) is 17.9 Å². The van der Waals surface area contributed by atoms with Gasteiger partial charge in [-0.2, -0.15) is 0 Å². The minimum Gasteiger partial charge on any atom is -0.493 e. The van der Waals surface area contributed by atoms with Gasteiger partial charge in [0.05, 0.1) is 12.0 Å². The molecule has 0 radical (unpaired) electrons. The Bertz CT molecular complexity index is 819. The third kappa shape index (κ3) is 4.46. The molecule has 3 N–H and O–H groups in total. The van der Waals surface area contributed by atoms with Crippen LogP contribution in [0.1, 0.15) is 6.92 Å². The van der Waals surface area contributed by atoms with E-state index >= 15 is 0 Å². The van der Waals surface area contributed by atoms with E-state index in [0.29, 0.717) is 17.2 Å². The lowest BCUT2D eigenvalue weighted by Gasteiger charge is -2.16. The first-order valence-corrected chi connectivity index (χ1v) is 8.59. The fourth-order valence-electron chi connectivity index (χ4n) is 1.93. The van der Waals surface area contributed by atoms with E-state index in [1.807, 2.05) is 0 Å². The van der Waals surface area contributed by atoms with Crippen molar-refractivity contribution < 1.29 is 22.7 Å². The molecule has 2 aromatic carbocycles. The van der Waals surface area contributed by atoms with Gasteiger partial charge in [-0.25, -0.2) is 13.6 Å². The molecule has 7 nitrogen and oxygen atoms in total. The molecular weight excluding hydrogens is 332 g/mol. The van der Waals surface area contributed by atoms with Crippen molar-refractivity contribution >= 4 is 21.6 Å². The summed E-state index contributed by atoms with van der Waals surface area (Å²) < 4.78 is 33.2. The number of rotatable bonds is 6. The van der Waals surface area contributed by atoms with Gasteiger partial charge in [-0.3, -0.25) is 4.79 Å². The lowest BCUT2D eigenvalue weighted by Crippen LogP contribution is -2.30. The summed E-state index contributed by atoms with van der Waals surface area (Å²) in [5.41, 5.74) is 0.433. The smallest absolute Gasteiger partial charge is 0.265 e. The summed E-state index contributed by atoms with van der Waals surface area (Å²) in [6.45, 7) is 1.60. The maximum Gasteiger partial charge on any atom is 0.265 e. The number of para-hydroxylation sites is 2. The van der Waals surface area contributed by atoms with Crippen LogP contribution in [0.5, 0.6) is 11.5 Å². The number of methoxy groups -OCH3 is 1. The summed E-state index contributed by atoms with van der Waals surface area (Å²) >= 11 is 0. The quantitative estimate of drug-likeness (QED) is 0.825. The highest BCUT2D eigenvalue weighted by Crippen LogP contribution is 2.27. The van der Waals surface area contributed by atoms with E-state index in [9.17, 15) is 13.2 Å². The highest BCUT2D eigenvalue weighted by Gasteiger charge is 2.17. The summed E-state index contributed by atoms with van der Waals surface area (Å²) in [6.07, 6.45) is -0.779. The lowest BCUT2D eigenvalue weighted by atomic mass is 10.3. The predicted octanol–water partition coefficient (Wildman–Crippen LogP) is 1.75. The molecule has 0 aliphatic rings. The van der Waals surface area contributed by atoms with E-state index in [2.05, 4.69) is 5.32 Å². The van der Waals surface area contributed by atoms with Gasteiger partial charge in [-0.05, 0) is 43.3 Å². The Balaban J connectivity index is 2.04. The molecule has 0 aliphatic heterocycles. The van der Waals surface area contributed by atoms with Gasteiger partial charge in [0.15, 0.2) is 17.6 Å². The topological polar surface area (TPSA) is 108 Å². The first kappa shape index (κ1) is 17.8. The molecular formula is C16H18N2O5S. The molecule has 0 saturated heterocycles. The summed E-state index contributed by atoms with van der Waals surface area (Å²) in [5.74, 6) is 0.589. The van der Waals surface area contributed by atoms with E-state index < -0.39 is 16.1 Å². The van der Waals surface area contributed by atoms with Gasteiger partial charge < -0.3 is 14.8 Å². The van der Waals surface area contributed by atoms with Gasteiger partial charge in [0, 0.05) is 5.69 Å². The van der Waals surface area contributed by atoms with Crippen molar-refractivity contribution in [3.63, 3.8) is 0 Å². The molecule has 8 heteroatoms. The lowest BCUT2D eigenvalue weighted by molar-refractivity contribution is -0.122. The van der Waals surface area contributed by atoms with Crippen molar-refractivity contribution in [2.75, 3.05) is 12.4 Å². The molecule has 1 amide bonds. The number of amides is 1. The molecule has 0 aliphatic carbocycles. The van der Waals surface area contributed by atoms with E-state index in [-0.39, 0.29) is 10.8 Å². The summed E-state index contributed by atoms with van der Waals surface area (Å²) in [5, 5.41) is 7.66. The SMILES string of the molecule is COc1ccccc1OC(C)C(=O)Nc1ccc(S(N)(=O)=O)cc1. The fraction of sp³-hybridized carbons (Fsp3) is 0.188. The van der Waals surface area contributed by atoms with Gasteiger partial charge in [-0.1, -0.05) is 12.1 Å². The van der Waals surface area contributed by atoms with E-state index in [4.69, 9.17) is 14.6 Å². The molecule has 2 rings (SSSR count). The first-order valence-electron chi connectivity index (χ1n) is 7.04. The van der Waals surface area contributed by atoms with Crippen LogP contribution in [0.3, 0.4) is 0 Å². The molecule has 0 heterocycles. The van der Waals surface area contributed by atoms with E-state index in [1.54, 1.807) is 31.2 Å². The standard InChI is InChI=1S/C16H18N2O5S/c1-11(23-15-6-4-3-5-14(15)22-2)16(19)18-12-7-9-13(10-8-12)24(17,20)21/h3-11H,1-2H3,(H,18,19)(H2,17,20,21). The monoisotopic (exact) mass is 350 g/mol. The number of benzene rings is 2. The maximum atomic E-state index is 12.2. The van der Waals surface area contributed by atoms with Gasteiger partial charge in [0.25, 0.3) is 5.91 Å². The minimum absolute atomic E-state index is 0.0289. The molecule has 2 aromatic rings. The number of anilines is 1. The van der Waals surface area contributed by atoms with Crippen LogP contribution < -0.4 is 19.9 Å². The molecule has 0 saturated carbocycles. The van der Waals surface area contributed by atoms with Gasteiger partial charge in [0.1, 0.15) is 0 Å². The van der Waals surface area contributed by atoms with Crippen LogP contribution in [0, 0.1) is 0 Å². The minimum atomic E-state index is -3.76. The normalized spacial score (nSPS) is 12.3. The van der Waals surface area contributed by atoms with Crippen molar-refractivity contribution in [2.24, 2.45) is 5.14 Å². The van der Waals surface area contributed by atoms with Crippen molar-refractivity contribution in [3.05, 3.63) is 48.5 Å². The fourth-order valence-corrected chi connectivity index (χ4v) is 2.45. The van der Waals surface area contributed by atoms with Crippen molar-refractivity contribution in [1.29, 1.82) is 0 Å². The number of ether oxygens (including phenoxy) is 2. The highest BCUT2D eigenvalue weighted by molar-refractivity contribution is 7.89. The molecule has 0 spiro atoms. The Morgan fingerprint density at radius 3 is 2.21 bits per heavy atom. The maximum absolute atomic E-state index is 12.2. The van der Waals surface area contributed by atoms with Crippen molar-refractivity contribution in [1.82, 2.24) is 0 Å². The number of carbonyl (C=O) groups excluding carboxylic acids is 1. The Morgan fingerprint density at radius 2 is 1.67 bits per heavy atom. The number of sulfonamides is 1. The number of nitrogens with one attached hydrogen (secondary N) is 1. The molecule has 1 unspecified atom stereocenters.